The second kappa shape index (κ2) is 4.10. The summed E-state index contributed by atoms with van der Waals surface area (Å²) < 4.78 is 0. The summed E-state index contributed by atoms with van der Waals surface area (Å²) in [7, 11) is 0. The van der Waals surface area contributed by atoms with Gasteiger partial charge in [0.2, 0.25) is 0 Å². The third kappa shape index (κ3) is 2.23. The van der Waals surface area contributed by atoms with Crippen LogP contribution < -0.4 is 5.73 Å². The molecule has 0 unspecified atom stereocenters. The van der Waals surface area contributed by atoms with Gasteiger partial charge in [-0.05, 0) is 17.7 Å². The molecule has 0 spiro atoms. The fourth-order valence-corrected chi connectivity index (χ4v) is 1.15. The average Bonchev–Trinajstić information content (AvgIpc) is 2.05. The Labute approximate surface area is 76.6 Å². The smallest absolute Gasteiger partial charge is 0.0641 e. The van der Waals surface area contributed by atoms with Crippen molar-refractivity contribution in [2.45, 2.75) is 12.5 Å². The van der Waals surface area contributed by atoms with Crippen molar-refractivity contribution in [3.63, 3.8) is 0 Å². The molecule has 0 saturated carbocycles. The molecular weight excluding hydrogens is 172 g/mol. The minimum Gasteiger partial charge on any atom is -0.323 e. The minimum absolute atomic E-state index is 0.228. The molecule has 0 heterocycles. The summed E-state index contributed by atoms with van der Waals surface area (Å²) in [5.41, 5.74) is 6.60. The Bertz CT molecular complexity index is 304. The van der Waals surface area contributed by atoms with Gasteiger partial charge in [-0.2, -0.15) is 5.26 Å². The molecule has 3 heteroatoms. The van der Waals surface area contributed by atoms with Crippen molar-refractivity contribution < 1.29 is 0 Å². The van der Waals surface area contributed by atoms with Crippen LogP contribution in [-0.2, 0) is 0 Å². The molecule has 0 bridgehead atoms. The minimum atomic E-state index is -0.228. The molecule has 0 aliphatic heterocycles. The van der Waals surface area contributed by atoms with Gasteiger partial charge >= 0.3 is 0 Å². The van der Waals surface area contributed by atoms with Crippen LogP contribution in [0.2, 0.25) is 5.02 Å². The summed E-state index contributed by atoms with van der Waals surface area (Å²) in [6.45, 7) is 0. The van der Waals surface area contributed by atoms with Gasteiger partial charge < -0.3 is 5.73 Å². The lowest BCUT2D eigenvalue weighted by Crippen LogP contribution is -2.08. The van der Waals surface area contributed by atoms with Crippen LogP contribution in [0, 0.1) is 11.3 Å². The van der Waals surface area contributed by atoms with Gasteiger partial charge in [0.25, 0.3) is 0 Å². The van der Waals surface area contributed by atoms with Gasteiger partial charge in [-0.3, -0.25) is 0 Å². The van der Waals surface area contributed by atoms with Crippen LogP contribution in [0.3, 0.4) is 0 Å². The lowest BCUT2D eigenvalue weighted by atomic mass is 10.1. The van der Waals surface area contributed by atoms with E-state index in [1.807, 2.05) is 18.2 Å². The second-order valence-corrected chi connectivity index (χ2v) is 2.96. The number of hydrogen-bond acceptors (Lipinski definition) is 2. The van der Waals surface area contributed by atoms with E-state index < -0.39 is 0 Å². The lowest BCUT2D eigenvalue weighted by Gasteiger charge is -2.06. The van der Waals surface area contributed by atoms with Crippen molar-refractivity contribution in [3.05, 3.63) is 34.9 Å². The molecule has 0 fully saturated rings. The second-order valence-electron chi connectivity index (χ2n) is 2.52. The first kappa shape index (κ1) is 9.05. The molecule has 62 valence electrons. The van der Waals surface area contributed by atoms with Crippen molar-refractivity contribution in [1.29, 1.82) is 5.26 Å². The van der Waals surface area contributed by atoms with Gasteiger partial charge in [0, 0.05) is 11.1 Å². The molecule has 1 aromatic carbocycles. The van der Waals surface area contributed by atoms with E-state index in [-0.39, 0.29) is 6.04 Å². The highest BCUT2D eigenvalue weighted by atomic mass is 35.5. The summed E-state index contributed by atoms with van der Waals surface area (Å²) in [5, 5.41) is 9.06. The Balaban J connectivity index is 2.82. The van der Waals surface area contributed by atoms with Gasteiger partial charge in [0.15, 0.2) is 0 Å². The molecule has 2 nitrogen and oxygen atoms in total. The van der Waals surface area contributed by atoms with Crippen LogP contribution in [0.4, 0.5) is 0 Å². The zero-order chi connectivity index (χ0) is 8.97. The number of nitriles is 1. The van der Waals surface area contributed by atoms with Crippen molar-refractivity contribution in [2.75, 3.05) is 0 Å². The van der Waals surface area contributed by atoms with Gasteiger partial charge in [-0.15, -0.1) is 0 Å². The quantitative estimate of drug-likeness (QED) is 0.759. The van der Waals surface area contributed by atoms with Crippen LogP contribution in [0.15, 0.2) is 24.3 Å². The molecule has 2 N–H and O–H groups in total. The molecule has 1 aromatic rings. The highest BCUT2D eigenvalue weighted by Gasteiger charge is 2.04. The normalized spacial score (nSPS) is 12.1. The first-order valence-electron chi connectivity index (χ1n) is 3.62. The summed E-state index contributed by atoms with van der Waals surface area (Å²) in [5.74, 6) is 0. The summed E-state index contributed by atoms with van der Waals surface area (Å²) in [6, 6.07) is 9.05. The molecule has 0 amide bonds. The fourth-order valence-electron chi connectivity index (χ4n) is 0.953. The standard InChI is InChI=1S/C9H9ClN2/c10-8-3-1-2-7(6-8)9(12)4-5-11/h1-3,6,9H,4,12H2/t9-/m0/s1. The van der Waals surface area contributed by atoms with Crippen molar-refractivity contribution in [1.82, 2.24) is 0 Å². The van der Waals surface area contributed by atoms with E-state index in [2.05, 4.69) is 0 Å². The van der Waals surface area contributed by atoms with E-state index in [0.29, 0.717) is 11.4 Å². The van der Waals surface area contributed by atoms with E-state index in [0.717, 1.165) is 5.56 Å². The third-order valence-corrected chi connectivity index (χ3v) is 1.82. The molecule has 1 atom stereocenters. The number of nitrogens with two attached hydrogens (primary N) is 1. The SMILES string of the molecule is N#CC[C@H](N)c1cccc(Cl)c1. The third-order valence-electron chi connectivity index (χ3n) is 1.59. The van der Waals surface area contributed by atoms with E-state index >= 15 is 0 Å². The zero-order valence-corrected chi connectivity index (χ0v) is 7.25. The number of rotatable bonds is 2. The predicted molar refractivity (Wildman–Crippen MR) is 48.6 cm³/mol. The van der Waals surface area contributed by atoms with Crippen molar-refractivity contribution in [2.24, 2.45) is 5.73 Å². The number of benzene rings is 1. The maximum absolute atomic E-state index is 8.40. The maximum atomic E-state index is 8.40. The monoisotopic (exact) mass is 180 g/mol. The molecule has 0 aliphatic carbocycles. The van der Waals surface area contributed by atoms with E-state index in [1.165, 1.54) is 0 Å². The fraction of sp³-hybridized carbons (Fsp3) is 0.222. The van der Waals surface area contributed by atoms with Crippen LogP contribution in [0.1, 0.15) is 18.0 Å². The average molecular weight is 181 g/mol. The molecule has 0 radical (unpaired) electrons. The van der Waals surface area contributed by atoms with Gasteiger partial charge in [0.05, 0.1) is 12.5 Å². The summed E-state index contributed by atoms with van der Waals surface area (Å²) in [6.07, 6.45) is 0.320. The van der Waals surface area contributed by atoms with Crippen LogP contribution in [0.5, 0.6) is 0 Å². The lowest BCUT2D eigenvalue weighted by molar-refractivity contribution is 0.748. The number of nitrogens with zero attached hydrogens (tertiary/aromatic N) is 1. The van der Waals surface area contributed by atoms with E-state index in [9.17, 15) is 0 Å². The number of halogens is 1. The van der Waals surface area contributed by atoms with E-state index in [1.54, 1.807) is 12.1 Å². The van der Waals surface area contributed by atoms with Crippen LogP contribution >= 0.6 is 11.6 Å². The Morgan fingerprint density at radius 1 is 1.58 bits per heavy atom. The number of hydrogen-bond donors (Lipinski definition) is 1. The predicted octanol–water partition coefficient (Wildman–Crippen LogP) is 2.25. The van der Waals surface area contributed by atoms with Crippen LogP contribution in [0.25, 0.3) is 0 Å². The Hall–Kier alpha value is -1.04. The van der Waals surface area contributed by atoms with Crippen molar-refractivity contribution >= 4 is 11.6 Å². The highest BCUT2D eigenvalue weighted by molar-refractivity contribution is 6.30. The molecule has 12 heavy (non-hydrogen) atoms. The first-order valence-corrected chi connectivity index (χ1v) is 4.00. The maximum Gasteiger partial charge on any atom is 0.0641 e. The van der Waals surface area contributed by atoms with Crippen LogP contribution in [-0.4, -0.2) is 0 Å². The Morgan fingerprint density at radius 3 is 2.92 bits per heavy atom. The van der Waals surface area contributed by atoms with Gasteiger partial charge in [-0.1, -0.05) is 23.7 Å². The highest BCUT2D eigenvalue weighted by Crippen LogP contribution is 2.17. The molecular formula is C9H9ClN2. The molecule has 1 rings (SSSR count). The Morgan fingerprint density at radius 2 is 2.33 bits per heavy atom. The summed E-state index contributed by atoms with van der Waals surface area (Å²) in [4.78, 5) is 0. The first-order chi connectivity index (χ1) is 5.74. The topological polar surface area (TPSA) is 49.8 Å². The van der Waals surface area contributed by atoms with E-state index in [4.69, 9.17) is 22.6 Å². The molecule has 0 aliphatic rings. The largest absolute Gasteiger partial charge is 0.323 e. The Kier molecular flexibility index (Phi) is 3.09. The summed E-state index contributed by atoms with van der Waals surface area (Å²) >= 11 is 5.75. The zero-order valence-electron chi connectivity index (χ0n) is 6.50. The van der Waals surface area contributed by atoms with Gasteiger partial charge in [0.1, 0.15) is 0 Å². The van der Waals surface area contributed by atoms with Gasteiger partial charge in [-0.25, -0.2) is 0 Å². The van der Waals surface area contributed by atoms with Crippen molar-refractivity contribution in [3.8, 4) is 6.07 Å². The molecule has 0 saturated heterocycles. The molecule has 0 aromatic heterocycles.